The molecule has 0 N–H and O–H groups in total. The van der Waals surface area contributed by atoms with Crippen LogP contribution < -0.4 is 0 Å². The summed E-state index contributed by atoms with van der Waals surface area (Å²) in [5.74, 6) is 1.58. The normalized spacial score (nSPS) is 49.3. The lowest BCUT2D eigenvalue weighted by Gasteiger charge is -2.70. The third-order valence-corrected chi connectivity index (χ3v) is 14.6. The summed E-state index contributed by atoms with van der Waals surface area (Å²) in [6, 6.07) is 10.0. The van der Waals surface area contributed by atoms with Gasteiger partial charge in [0.1, 0.15) is 12.7 Å². The van der Waals surface area contributed by atoms with Crippen molar-refractivity contribution in [2.45, 2.75) is 119 Å². The fourth-order valence-electron chi connectivity index (χ4n) is 11.6. The van der Waals surface area contributed by atoms with E-state index in [1.807, 2.05) is 30.3 Å². The smallest absolute Gasteiger partial charge is 0.312 e. The van der Waals surface area contributed by atoms with Crippen molar-refractivity contribution < 1.29 is 19.1 Å². The molecule has 0 spiro atoms. The van der Waals surface area contributed by atoms with Crippen molar-refractivity contribution in [2.24, 2.45) is 50.2 Å². The van der Waals surface area contributed by atoms with E-state index in [4.69, 9.17) is 9.47 Å². The van der Waals surface area contributed by atoms with Crippen molar-refractivity contribution in [1.82, 2.24) is 0 Å². The zero-order valence-corrected chi connectivity index (χ0v) is 26.3. The topological polar surface area (TPSA) is 55.9 Å². The Morgan fingerprint density at radius 1 is 0.927 bits per heavy atom. The van der Waals surface area contributed by atoms with E-state index < -0.39 is 5.41 Å². The van der Waals surface area contributed by atoms with Crippen LogP contribution >= 0.6 is 0 Å². The van der Waals surface area contributed by atoms with Crippen LogP contribution in [0.3, 0.4) is 0 Å². The van der Waals surface area contributed by atoms with Crippen LogP contribution in [0.25, 0.3) is 0 Å². The Hall–Kier alpha value is -1.94. The summed E-state index contributed by atoms with van der Waals surface area (Å²) < 4.78 is 12.2. The molecule has 4 saturated carbocycles. The third-order valence-electron chi connectivity index (χ3n) is 14.6. The molecule has 0 aromatic heterocycles. The Bertz CT molecular complexity index is 1310. The van der Waals surface area contributed by atoms with Gasteiger partial charge in [-0.25, -0.2) is 0 Å². The maximum Gasteiger partial charge on any atom is 0.312 e. The van der Waals surface area contributed by atoms with Gasteiger partial charge in [0, 0.05) is 10.8 Å². The largest absolute Gasteiger partial charge is 0.460 e. The minimum absolute atomic E-state index is 0.0171. The zero-order chi connectivity index (χ0) is 29.2. The molecule has 4 nitrogen and oxygen atoms in total. The number of hydrogen-bond donors (Lipinski definition) is 0. The monoisotopic (exact) mass is 558 g/mol. The minimum atomic E-state index is -0.456. The number of carbonyl (C=O) groups is 2. The van der Waals surface area contributed by atoms with Gasteiger partial charge in [-0.05, 0) is 97.9 Å². The van der Waals surface area contributed by atoms with Gasteiger partial charge in [-0.1, -0.05) is 83.5 Å². The molecule has 4 heteroatoms. The van der Waals surface area contributed by atoms with Gasteiger partial charge >= 0.3 is 5.97 Å². The number of fused-ring (bicyclic) bond motifs is 9. The van der Waals surface area contributed by atoms with Gasteiger partial charge in [0.2, 0.25) is 0 Å². The molecule has 3 unspecified atom stereocenters. The van der Waals surface area contributed by atoms with Crippen molar-refractivity contribution in [3.8, 4) is 0 Å². The van der Waals surface area contributed by atoms with Gasteiger partial charge in [-0.3, -0.25) is 9.59 Å². The second-order valence-corrected chi connectivity index (χ2v) is 16.8. The molecular weight excluding hydrogens is 508 g/mol. The van der Waals surface area contributed by atoms with Gasteiger partial charge in [0.25, 0.3) is 0 Å². The van der Waals surface area contributed by atoms with Crippen LogP contribution in [0.15, 0.2) is 42.0 Å². The number of carbonyl (C=O) groups excluding carboxylic acids is 2. The molecule has 0 bridgehead atoms. The third kappa shape index (κ3) is 3.55. The Morgan fingerprint density at radius 2 is 1.63 bits per heavy atom. The van der Waals surface area contributed by atoms with Crippen LogP contribution in [0.5, 0.6) is 0 Å². The minimum Gasteiger partial charge on any atom is -0.460 e. The predicted octanol–water partition coefficient (Wildman–Crippen LogP) is 8.09. The van der Waals surface area contributed by atoms with Crippen LogP contribution in [-0.2, 0) is 25.7 Å². The first kappa shape index (κ1) is 27.9. The highest BCUT2D eigenvalue weighted by molar-refractivity contribution is 5.92. The molecular formula is C37H50O4. The maximum absolute atomic E-state index is 13.6. The summed E-state index contributed by atoms with van der Waals surface area (Å²) in [5.41, 5.74) is 2.39. The molecule has 1 saturated heterocycles. The molecule has 1 heterocycles. The van der Waals surface area contributed by atoms with Gasteiger partial charge in [0.15, 0.2) is 5.78 Å². The van der Waals surface area contributed by atoms with Gasteiger partial charge < -0.3 is 9.47 Å². The molecule has 5 aliphatic carbocycles. The first-order valence-electron chi connectivity index (χ1n) is 16.3. The number of ether oxygens (including phenoxy) is 2. The number of allylic oxidation sites excluding steroid dienone is 2. The molecule has 41 heavy (non-hydrogen) atoms. The second-order valence-electron chi connectivity index (χ2n) is 16.8. The fraction of sp³-hybridized carbons (Fsp3) is 0.730. The van der Waals surface area contributed by atoms with Crippen molar-refractivity contribution in [3.63, 3.8) is 0 Å². The predicted molar refractivity (Wildman–Crippen MR) is 160 cm³/mol. The van der Waals surface area contributed by atoms with Gasteiger partial charge in [-0.2, -0.15) is 0 Å². The van der Waals surface area contributed by atoms with Crippen molar-refractivity contribution >= 4 is 11.8 Å². The molecule has 1 aromatic rings. The number of esters is 1. The van der Waals surface area contributed by atoms with Gasteiger partial charge in [0.05, 0.1) is 11.5 Å². The highest BCUT2D eigenvalue weighted by Gasteiger charge is 2.76. The lowest BCUT2D eigenvalue weighted by molar-refractivity contribution is -0.183. The average Bonchev–Trinajstić information content (AvgIpc) is 3.75. The van der Waals surface area contributed by atoms with E-state index in [9.17, 15) is 9.59 Å². The molecule has 7 rings (SSSR count). The quantitative estimate of drug-likeness (QED) is 0.214. The first-order valence-corrected chi connectivity index (χ1v) is 16.3. The van der Waals surface area contributed by atoms with E-state index >= 15 is 0 Å². The number of Topliss-reactive ketones (excluding diaryl/α,β-unsaturated/α-hetero) is 1. The first-order chi connectivity index (χ1) is 19.2. The lowest BCUT2D eigenvalue weighted by atomic mass is 9.33. The van der Waals surface area contributed by atoms with E-state index in [-0.39, 0.29) is 45.3 Å². The van der Waals surface area contributed by atoms with Crippen LogP contribution in [-0.4, -0.2) is 24.0 Å². The Morgan fingerprint density at radius 3 is 2.37 bits per heavy atom. The number of ketones is 1. The van der Waals surface area contributed by atoms with E-state index in [0.29, 0.717) is 30.1 Å². The molecule has 0 radical (unpaired) electrons. The fourth-order valence-corrected chi connectivity index (χ4v) is 11.6. The molecule has 222 valence electrons. The Labute approximate surface area is 247 Å². The summed E-state index contributed by atoms with van der Waals surface area (Å²) in [5, 5.41) is 0. The van der Waals surface area contributed by atoms with Crippen LogP contribution in [0, 0.1) is 50.2 Å². The molecule has 1 aromatic carbocycles. The number of hydrogen-bond acceptors (Lipinski definition) is 4. The number of benzene rings is 1. The molecule has 0 amide bonds. The standard InChI is InChI=1S/C37H50O4/c1-32(2)26-15-16-36(6)27(37(26,7)30-28(41-30)29(32)38)14-13-24-25-21-34(4,18-17-33(25,3)19-20-35(24,36)5)31(39)40-22-23-11-9-8-10-12-23/h8-13,25-28,30H,14-22H2,1-7H3/t25?,26?,27?,28-,30-,33+,34-,35+,36+,37-/m0/s1. The summed E-state index contributed by atoms with van der Waals surface area (Å²) in [6.45, 7) is 17.0. The summed E-state index contributed by atoms with van der Waals surface area (Å²) in [6.07, 6.45) is 11.1. The van der Waals surface area contributed by atoms with E-state index in [0.717, 1.165) is 37.7 Å². The lowest BCUT2D eigenvalue weighted by Crippen LogP contribution is -2.66. The maximum atomic E-state index is 13.6. The summed E-state index contributed by atoms with van der Waals surface area (Å²) in [7, 11) is 0. The van der Waals surface area contributed by atoms with E-state index in [1.165, 1.54) is 19.3 Å². The van der Waals surface area contributed by atoms with Crippen LogP contribution in [0.2, 0.25) is 0 Å². The number of rotatable bonds is 3. The van der Waals surface area contributed by atoms with Gasteiger partial charge in [-0.15, -0.1) is 0 Å². The average molecular weight is 559 g/mol. The second kappa shape index (κ2) is 8.58. The highest BCUT2D eigenvalue weighted by atomic mass is 16.6. The van der Waals surface area contributed by atoms with Crippen LogP contribution in [0.4, 0.5) is 0 Å². The molecule has 10 atom stereocenters. The van der Waals surface area contributed by atoms with E-state index in [1.54, 1.807) is 5.57 Å². The van der Waals surface area contributed by atoms with E-state index in [2.05, 4.69) is 54.5 Å². The van der Waals surface area contributed by atoms with Crippen molar-refractivity contribution in [3.05, 3.63) is 47.5 Å². The summed E-state index contributed by atoms with van der Waals surface area (Å²) >= 11 is 0. The number of epoxide rings is 1. The van der Waals surface area contributed by atoms with Crippen molar-refractivity contribution in [2.75, 3.05) is 0 Å². The Kier molecular flexibility index (Phi) is 5.83. The highest BCUT2D eigenvalue weighted by Crippen LogP contribution is 2.77. The zero-order valence-electron chi connectivity index (χ0n) is 26.3. The summed E-state index contributed by atoms with van der Waals surface area (Å²) in [4.78, 5) is 26.9. The molecule has 6 aliphatic rings. The SMILES string of the molecule is CC1(C)C(=O)[C@@H]2O[C@@H]2[C@@]2(C)C1CC[C@]1(C)C2CC=C2C3C[C@@](C)(C(=O)OCc4ccccc4)CC[C@]3(C)CC[C@]21C. The van der Waals surface area contributed by atoms with Crippen LogP contribution in [0.1, 0.15) is 105 Å². The molecule has 5 fully saturated rings. The Balaban J connectivity index is 1.20. The van der Waals surface area contributed by atoms with Crippen molar-refractivity contribution in [1.29, 1.82) is 0 Å². The molecule has 1 aliphatic heterocycles.